The number of nitrogens with one attached hydrogen (secondary N) is 1. The third-order valence-corrected chi connectivity index (χ3v) is 3.31. The smallest absolute Gasteiger partial charge is 0.263 e. The molecule has 0 bridgehead atoms. The summed E-state index contributed by atoms with van der Waals surface area (Å²) >= 11 is 0. The van der Waals surface area contributed by atoms with Gasteiger partial charge in [-0.1, -0.05) is 12.1 Å². The van der Waals surface area contributed by atoms with Crippen LogP contribution in [0.3, 0.4) is 0 Å². The van der Waals surface area contributed by atoms with Crippen LogP contribution in [-0.2, 0) is 9.53 Å². The number of hydrazine groups is 1. The summed E-state index contributed by atoms with van der Waals surface area (Å²) in [6.07, 6.45) is 0.992. The number of rotatable bonds is 4. The maximum atomic E-state index is 11.3. The van der Waals surface area contributed by atoms with Crippen LogP contribution in [0.2, 0.25) is 0 Å². The number of ether oxygens (including phenoxy) is 2. The van der Waals surface area contributed by atoms with Crippen molar-refractivity contribution in [2.45, 2.75) is 38.9 Å². The molecule has 2 unspecified atom stereocenters. The zero-order valence-corrected chi connectivity index (χ0v) is 11.3. The Balaban J connectivity index is 1.87. The molecule has 1 amide bonds. The van der Waals surface area contributed by atoms with Crippen LogP contribution in [0.1, 0.15) is 24.0 Å². The lowest BCUT2D eigenvalue weighted by atomic mass is 10.1. The van der Waals surface area contributed by atoms with Gasteiger partial charge in [-0.3, -0.25) is 10.2 Å². The van der Waals surface area contributed by atoms with Gasteiger partial charge >= 0.3 is 0 Å². The Hall–Kier alpha value is -1.59. The van der Waals surface area contributed by atoms with Gasteiger partial charge in [0.1, 0.15) is 18.5 Å². The second-order valence-corrected chi connectivity index (χ2v) is 4.91. The van der Waals surface area contributed by atoms with Crippen molar-refractivity contribution >= 4 is 5.91 Å². The topological polar surface area (TPSA) is 73.6 Å². The fraction of sp³-hybridized carbons (Fsp3) is 0.500. The summed E-state index contributed by atoms with van der Waals surface area (Å²) in [4.78, 5) is 11.3. The van der Waals surface area contributed by atoms with E-state index in [4.69, 9.17) is 15.3 Å². The van der Waals surface area contributed by atoms with E-state index in [1.807, 2.05) is 26.0 Å². The molecule has 5 heteroatoms. The summed E-state index contributed by atoms with van der Waals surface area (Å²) in [5.74, 6) is 5.69. The molecule has 1 fully saturated rings. The first-order chi connectivity index (χ1) is 9.10. The second kappa shape index (κ2) is 6.04. The average Bonchev–Trinajstić information content (AvgIpc) is 2.88. The van der Waals surface area contributed by atoms with Crippen molar-refractivity contribution in [1.29, 1.82) is 0 Å². The van der Waals surface area contributed by atoms with Crippen LogP contribution in [0.25, 0.3) is 0 Å². The minimum Gasteiger partial charge on any atom is -0.491 e. The molecule has 1 heterocycles. The van der Waals surface area contributed by atoms with E-state index in [0.29, 0.717) is 13.0 Å². The highest BCUT2D eigenvalue weighted by Crippen LogP contribution is 2.23. The normalized spacial score (nSPS) is 22.3. The van der Waals surface area contributed by atoms with Crippen molar-refractivity contribution in [2.24, 2.45) is 5.84 Å². The predicted molar refractivity (Wildman–Crippen MR) is 71.6 cm³/mol. The maximum Gasteiger partial charge on any atom is 0.263 e. The van der Waals surface area contributed by atoms with Crippen LogP contribution in [0.5, 0.6) is 5.75 Å². The molecule has 0 radical (unpaired) electrons. The van der Waals surface area contributed by atoms with Gasteiger partial charge in [0.05, 0.1) is 6.10 Å². The molecule has 0 saturated carbocycles. The zero-order valence-electron chi connectivity index (χ0n) is 11.3. The lowest BCUT2D eigenvalue weighted by Gasteiger charge is -2.15. The summed E-state index contributed by atoms with van der Waals surface area (Å²) < 4.78 is 11.4. The molecule has 0 aliphatic carbocycles. The first-order valence-electron chi connectivity index (χ1n) is 6.46. The lowest BCUT2D eigenvalue weighted by molar-refractivity contribution is -0.132. The van der Waals surface area contributed by atoms with Gasteiger partial charge in [-0.05, 0) is 43.9 Å². The molecule has 2 atom stereocenters. The Kier molecular flexibility index (Phi) is 4.39. The van der Waals surface area contributed by atoms with E-state index in [-0.39, 0.29) is 12.0 Å². The number of amides is 1. The van der Waals surface area contributed by atoms with Gasteiger partial charge in [0.25, 0.3) is 5.91 Å². The van der Waals surface area contributed by atoms with Crippen molar-refractivity contribution < 1.29 is 14.3 Å². The van der Waals surface area contributed by atoms with Crippen molar-refractivity contribution in [1.82, 2.24) is 5.43 Å². The molecule has 1 aromatic rings. The predicted octanol–water partition coefficient (Wildman–Crippen LogP) is 1.22. The Labute approximate surface area is 113 Å². The van der Waals surface area contributed by atoms with E-state index < -0.39 is 6.10 Å². The Morgan fingerprint density at radius 1 is 1.47 bits per heavy atom. The molecule has 1 saturated heterocycles. The average molecular weight is 264 g/mol. The lowest BCUT2D eigenvalue weighted by Crippen LogP contribution is -2.39. The number of carbonyl (C=O) groups excluding carboxylic acids is 1. The van der Waals surface area contributed by atoms with Gasteiger partial charge in [0.2, 0.25) is 0 Å². The zero-order chi connectivity index (χ0) is 13.8. The highest BCUT2D eigenvalue weighted by molar-refractivity contribution is 5.80. The van der Waals surface area contributed by atoms with E-state index in [1.54, 1.807) is 0 Å². The van der Waals surface area contributed by atoms with Gasteiger partial charge in [-0.25, -0.2) is 5.84 Å². The van der Waals surface area contributed by atoms with Gasteiger partial charge in [-0.2, -0.15) is 0 Å². The van der Waals surface area contributed by atoms with Gasteiger partial charge in [-0.15, -0.1) is 0 Å². The Morgan fingerprint density at radius 3 is 3.00 bits per heavy atom. The SMILES string of the molecule is Cc1ccc(C)c(OCC2CCC(C(=O)NN)O2)c1. The summed E-state index contributed by atoms with van der Waals surface area (Å²) in [7, 11) is 0. The summed E-state index contributed by atoms with van der Waals surface area (Å²) in [5, 5.41) is 0. The third-order valence-electron chi connectivity index (χ3n) is 3.31. The molecule has 5 nitrogen and oxygen atoms in total. The van der Waals surface area contributed by atoms with Gasteiger partial charge in [0, 0.05) is 0 Å². The number of aryl methyl sites for hydroxylation is 2. The van der Waals surface area contributed by atoms with E-state index in [2.05, 4.69) is 11.5 Å². The largest absolute Gasteiger partial charge is 0.491 e. The van der Waals surface area contributed by atoms with Crippen LogP contribution in [0.15, 0.2) is 18.2 Å². The molecule has 3 N–H and O–H groups in total. The van der Waals surface area contributed by atoms with Crippen molar-refractivity contribution in [3.05, 3.63) is 29.3 Å². The molecular weight excluding hydrogens is 244 g/mol. The third kappa shape index (κ3) is 3.45. The summed E-state index contributed by atoms with van der Waals surface area (Å²) in [6.45, 7) is 4.49. The molecule has 2 rings (SSSR count). The fourth-order valence-corrected chi connectivity index (χ4v) is 2.16. The molecule has 1 aliphatic heterocycles. The van der Waals surface area contributed by atoms with E-state index in [9.17, 15) is 4.79 Å². The van der Waals surface area contributed by atoms with E-state index >= 15 is 0 Å². The number of benzene rings is 1. The van der Waals surface area contributed by atoms with E-state index in [1.165, 1.54) is 0 Å². The Bertz CT molecular complexity index is 462. The minimum absolute atomic E-state index is 0.0535. The Morgan fingerprint density at radius 2 is 2.26 bits per heavy atom. The minimum atomic E-state index is -0.447. The van der Waals surface area contributed by atoms with E-state index in [0.717, 1.165) is 23.3 Å². The van der Waals surface area contributed by atoms with Gasteiger partial charge < -0.3 is 9.47 Å². The first kappa shape index (κ1) is 13.8. The van der Waals surface area contributed by atoms with Crippen molar-refractivity contribution in [2.75, 3.05) is 6.61 Å². The molecule has 0 spiro atoms. The molecule has 1 aliphatic rings. The number of carbonyl (C=O) groups is 1. The van der Waals surface area contributed by atoms with Gasteiger partial charge in [0.15, 0.2) is 0 Å². The van der Waals surface area contributed by atoms with Crippen LogP contribution in [0.4, 0.5) is 0 Å². The highest BCUT2D eigenvalue weighted by atomic mass is 16.5. The van der Waals surface area contributed by atoms with Crippen LogP contribution in [0, 0.1) is 13.8 Å². The summed E-state index contributed by atoms with van der Waals surface area (Å²) in [5.41, 5.74) is 4.37. The fourth-order valence-electron chi connectivity index (χ4n) is 2.16. The standard InChI is InChI=1S/C14H20N2O3/c1-9-3-4-10(2)13(7-9)18-8-11-5-6-12(19-11)14(17)16-15/h3-4,7,11-12H,5-6,8,15H2,1-2H3,(H,16,17). The van der Waals surface area contributed by atoms with Crippen LogP contribution < -0.4 is 16.0 Å². The monoisotopic (exact) mass is 264 g/mol. The van der Waals surface area contributed by atoms with Crippen LogP contribution >= 0.6 is 0 Å². The number of hydrogen-bond acceptors (Lipinski definition) is 4. The molecule has 0 aromatic heterocycles. The molecule has 1 aromatic carbocycles. The van der Waals surface area contributed by atoms with Crippen molar-refractivity contribution in [3.63, 3.8) is 0 Å². The maximum absolute atomic E-state index is 11.3. The van der Waals surface area contributed by atoms with Crippen LogP contribution in [-0.4, -0.2) is 24.7 Å². The molecule has 19 heavy (non-hydrogen) atoms. The summed E-state index contributed by atoms with van der Waals surface area (Å²) in [6, 6.07) is 6.09. The first-order valence-corrected chi connectivity index (χ1v) is 6.46. The highest BCUT2D eigenvalue weighted by Gasteiger charge is 2.30. The second-order valence-electron chi connectivity index (χ2n) is 4.91. The number of hydrogen-bond donors (Lipinski definition) is 2. The number of nitrogens with two attached hydrogens (primary N) is 1. The molecular formula is C14H20N2O3. The molecule has 104 valence electrons. The van der Waals surface area contributed by atoms with Crippen molar-refractivity contribution in [3.8, 4) is 5.75 Å². The quantitative estimate of drug-likeness (QED) is 0.487.